The summed E-state index contributed by atoms with van der Waals surface area (Å²) in [5.41, 5.74) is 3.45. The Labute approximate surface area is 205 Å². The largest absolute Gasteiger partial charge is 0.493 e. The fourth-order valence-electron chi connectivity index (χ4n) is 3.89. The van der Waals surface area contributed by atoms with E-state index in [9.17, 15) is 4.79 Å². The van der Waals surface area contributed by atoms with E-state index in [2.05, 4.69) is 5.32 Å². The van der Waals surface area contributed by atoms with Gasteiger partial charge in [-0.25, -0.2) is 0 Å². The molecule has 0 aromatic heterocycles. The quantitative estimate of drug-likeness (QED) is 0.379. The maximum Gasteiger partial charge on any atom is 0.251 e. The van der Waals surface area contributed by atoms with E-state index in [-0.39, 0.29) is 11.9 Å². The van der Waals surface area contributed by atoms with Crippen LogP contribution in [0, 0.1) is 0 Å². The van der Waals surface area contributed by atoms with E-state index in [4.69, 9.17) is 30.5 Å². The summed E-state index contributed by atoms with van der Waals surface area (Å²) in [6.45, 7) is 0. The number of hydrogen-bond donors (Lipinski definition) is 1. The molecular formula is C27H30ClNO5. The highest BCUT2D eigenvalue weighted by molar-refractivity contribution is 6.18. The van der Waals surface area contributed by atoms with Crippen molar-refractivity contribution in [2.75, 3.05) is 34.3 Å². The first-order valence-electron chi connectivity index (χ1n) is 10.9. The predicted molar refractivity (Wildman–Crippen MR) is 134 cm³/mol. The van der Waals surface area contributed by atoms with Crippen molar-refractivity contribution in [1.82, 2.24) is 5.32 Å². The second-order valence-electron chi connectivity index (χ2n) is 7.63. The second kappa shape index (κ2) is 12.2. The Hall–Kier alpha value is -3.38. The molecule has 180 valence electrons. The number of alkyl halides is 1. The molecule has 1 unspecified atom stereocenters. The first kappa shape index (κ1) is 25.2. The normalized spacial score (nSPS) is 11.4. The zero-order chi connectivity index (χ0) is 24.5. The molecule has 1 N–H and O–H groups in total. The fraction of sp³-hybridized carbons (Fsp3) is 0.296. The third kappa shape index (κ3) is 5.94. The zero-order valence-corrected chi connectivity index (χ0v) is 20.6. The smallest absolute Gasteiger partial charge is 0.251 e. The van der Waals surface area contributed by atoms with Gasteiger partial charge in [0.2, 0.25) is 0 Å². The van der Waals surface area contributed by atoms with Crippen LogP contribution < -0.4 is 24.3 Å². The fourth-order valence-corrected chi connectivity index (χ4v) is 4.10. The molecule has 0 radical (unpaired) electrons. The number of methoxy groups -OCH3 is 4. The predicted octanol–water partition coefficient (Wildman–Crippen LogP) is 5.22. The Morgan fingerprint density at radius 2 is 1.44 bits per heavy atom. The van der Waals surface area contributed by atoms with Gasteiger partial charge >= 0.3 is 0 Å². The molecule has 0 aliphatic heterocycles. The summed E-state index contributed by atoms with van der Waals surface area (Å²) in [5.74, 6) is 2.73. The minimum Gasteiger partial charge on any atom is -0.493 e. The Balaban J connectivity index is 2.07. The van der Waals surface area contributed by atoms with Crippen molar-refractivity contribution in [3.05, 3.63) is 82.9 Å². The average molecular weight is 484 g/mol. The highest BCUT2D eigenvalue weighted by Gasteiger charge is 2.23. The average Bonchev–Trinajstić information content (AvgIpc) is 2.88. The van der Waals surface area contributed by atoms with Gasteiger partial charge in [-0.3, -0.25) is 4.79 Å². The van der Waals surface area contributed by atoms with Gasteiger partial charge in [-0.1, -0.05) is 24.3 Å². The number of nitrogens with one attached hydrogen (secondary N) is 1. The van der Waals surface area contributed by atoms with Crippen LogP contribution in [0.25, 0.3) is 0 Å². The van der Waals surface area contributed by atoms with Crippen molar-refractivity contribution >= 4 is 17.5 Å². The van der Waals surface area contributed by atoms with Gasteiger partial charge in [0.15, 0.2) is 23.0 Å². The maximum atomic E-state index is 13.2. The topological polar surface area (TPSA) is 66.0 Å². The number of amides is 1. The number of carbonyl (C=O) groups excluding carboxylic acids is 1. The molecule has 0 bridgehead atoms. The van der Waals surface area contributed by atoms with Gasteiger partial charge in [0.05, 0.1) is 34.5 Å². The number of benzene rings is 3. The van der Waals surface area contributed by atoms with Gasteiger partial charge in [-0.05, 0) is 65.9 Å². The number of rotatable bonds is 11. The van der Waals surface area contributed by atoms with Crippen molar-refractivity contribution in [2.24, 2.45) is 0 Å². The second-order valence-corrected chi connectivity index (χ2v) is 8.01. The van der Waals surface area contributed by atoms with Crippen molar-refractivity contribution in [3.63, 3.8) is 0 Å². The Kier molecular flexibility index (Phi) is 9.05. The lowest BCUT2D eigenvalue weighted by Gasteiger charge is -2.24. The monoisotopic (exact) mass is 483 g/mol. The molecule has 1 amide bonds. The number of carbonyl (C=O) groups is 1. The molecule has 1 atom stereocenters. The minimum atomic E-state index is -0.358. The SMILES string of the molecule is COc1ccc(CC(NC(=O)c2ccccc2)c2cc(OC)c(OC)cc2CCCl)cc1OC. The molecular weight excluding hydrogens is 454 g/mol. The minimum absolute atomic E-state index is 0.169. The summed E-state index contributed by atoms with van der Waals surface area (Å²) in [6.07, 6.45) is 1.13. The van der Waals surface area contributed by atoms with Crippen LogP contribution in [0.2, 0.25) is 0 Å². The molecule has 3 rings (SSSR count). The van der Waals surface area contributed by atoms with E-state index in [0.717, 1.165) is 16.7 Å². The highest BCUT2D eigenvalue weighted by atomic mass is 35.5. The summed E-state index contributed by atoms with van der Waals surface area (Å²) < 4.78 is 21.9. The molecule has 34 heavy (non-hydrogen) atoms. The van der Waals surface area contributed by atoms with Gasteiger partial charge in [0.25, 0.3) is 5.91 Å². The van der Waals surface area contributed by atoms with Crippen LogP contribution in [0.5, 0.6) is 23.0 Å². The summed E-state index contributed by atoms with van der Waals surface area (Å²) >= 11 is 6.13. The molecule has 0 fully saturated rings. The lowest BCUT2D eigenvalue weighted by atomic mass is 9.92. The molecule has 0 saturated carbocycles. The van der Waals surface area contributed by atoms with Gasteiger partial charge in [0, 0.05) is 11.4 Å². The van der Waals surface area contributed by atoms with E-state index >= 15 is 0 Å². The Bertz CT molecular complexity index is 1100. The van der Waals surface area contributed by atoms with Crippen LogP contribution in [-0.2, 0) is 12.8 Å². The molecule has 0 heterocycles. The summed E-state index contributed by atoms with van der Waals surface area (Å²) in [5, 5.41) is 3.20. The summed E-state index contributed by atoms with van der Waals surface area (Å²) in [4.78, 5) is 13.2. The van der Waals surface area contributed by atoms with E-state index in [0.29, 0.717) is 47.3 Å². The van der Waals surface area contributed by atoms with Crippen molar-refractivity contribution in [2.45, 2.75) is 18.9 Å². The van der Waals surface area contributed by atoms with E-state index in [1.54, 1.807) is 40.6 Å². The molecule has 6 nitrogen and oxygen atoms in total. The summed E-state index contributed by atoms with van der Waals surface area (Å²) in [6, 6.07) is 18.4. The van der Waals surface area contributed by atoms with Crippen LogP contribution in [0.1, 0.15) is 33.1 Å². The van der Waals surface area contributed by atoms with Crippen LogP contribution in [0.15, 0.2) is 60.7 Å². The Morgan fingerprint density at radius 1 is 0.824 bits per heavy atom. The highest BCUT2D eigenvalue weighted by Crippen LogP contribution is 2.36. The number of ether oxygens (including phenoxy) is 4. The van der Waals surface area contributed by atoms with E-state index in [1.807, 2.05) is 48.5 Å². The van der Waals surface area contributed by atoms with Gasteiger partial charge < -0.3 is 24.3 Å². The molecule has 0 aliphatic carbocycles. The van der Waals surface area contributed by atoms with Gasteiger partial charge in [-0.2, -0.15) is 0 Å². The van der Waals surface area contributed by atoms with Crippen molar-refractivity contribution in [1.29, 1.82) is 0 Å². The van der Waals surface area contributed by atoms with E-state index < -0.39 is 0 Å². The molecule has 0 aliphatic rings. The van der Waals surface area contributed by atoms with Crippen molar-refractivity contribution in [3.8, 4) is 23.0 Å². The third-order valence-corrected chi connectivity index (χ3v) is 5.80. The molecule has 0 saturated heterocycles. The maximum absolute atomic E-state index is 13.2. The van der Waals surface area contributed by atoms with Gasteiger partial charge in [0.1, 0.15) is 0 Å². The third-order valence-electron chi connectivity index (χ3n) is 5.61. The number of halogens is 1. The first-order valence-corrected chi connectivity index (χ1v) is 11.5. The van der Waals surface area contributed by atoms with Crippen LogP contribution in [0.3, 0.4) is 0 Å². The Morgan fingerprint density at radius 3 is 2.06 bits per heavy atom. The van der Waals surface area contributed by atoms with Crippen LogP contribution >= 0.6 is 11.6 Å². The first-order chi connectivity index (χ1) is 16.5. The lowest BCUT2D eigenvalue weighted by molar-refractivity contribution is 0.0936. The van der Waals surface area contributed by atoms with Crippen molar-refractivity contribution < 1.29 is 23.7 Å². The van der Waals surface area contributed by atoms with Crippen LogP contribution in [-0.4, -0.2) is 40.2 Å². The molecule has 3 aromatic rings. The van der Waals surface area contributed by atoms with Gasteiger partial charge in [-0.15, -0.1) is 11.6 Å². The lowest BCUT2D eigenvalue weighted by Crippen LogP contribution is -2.31. The number of hydrogen-bond acceptors (Lipinski definition) is 5. The van der Waals surface area contributed by atoms with E-state index in [1.165, 1.54) is 0 Å². The molecule has 0 spiro atoms. The van der Waals surface area contributed by atoms with Crippen LogP contribution in [0.4, 0.5) is 0 Å². The summed E-state index contributed by atoms with van der Waals surface area (Å²) in [7, 11) is 6.39. The molecule has 3 aromatic carbocycles. The zero-order valence-electron chi connectivity index (χ0n) is 19.9. The number of aryl methyl sites for hydroxylation is 1. The molecule has 7 heteroatoms. The standard InChI is InChI=1S/C27H30ClNO5/c1-31-23-11-10-18(15-24(23)32-2)14-22(29-27(30)19-8-6-5-7-9-19)21-17-26(34-4)25(33-3)16-20(21)12-13-28/h5-11,15-17,22H,12-14H2,1-4H3,(H,29,30).